The van der Waals surface area contributed by atoms with Crippen LogP contribution in [-0.2, 0) is 10.0 Å². The first-order valence-electron chi connectivity index (χ1n) is 5.19. The number of anilines is 2. The van der Waals surface area contributed by atoms with Crippen LogP contribution in [-0.4, -0.2) is 13.4 Å². The highest BCUT2D eigenvalue weighted by Gasteiger charge is 2.20. The van der Waals surface area contributed by atoms with E-state index in [1.807, 2.05) is 0 Å². The minimum Gasteiger partial charge on any atom is -0.396 e. The molecule has 20 heavy (non-hydrogen) atoms. The van der Waals surface area contributed by atoms with Gasteiger partial charge in [0.05, 0.1) is 5.69 Å². The number of nitrogens with one attached hydrogen (secondary N) is 1. The second-order valence-corrected chi connectivity index (χ2v) is 6.26. The second-order valence-electron chi connectivity index (χ2n) is 3.76. The van der Waals surface area contributed by atoms with Crippen LogP contribution in [0, 0.1) is 11.8 Å². The number of rotatable bonds is 3. The van der Waals surface area contributed by atoms with Crippen LogP contribution in [0.2, 0.25) is 0 Å². The SMILES string of the molecule is Nc1cc(S(=O)(=O)Nc2cccc(F)n2)c(Br)cc1F. The monoisotopic (exact) mass is 363 g/mol. The van der Waals surface area contributed by atoms with Crippen molar-refractivity contribution in [3.63, 3.8) is 0 Å². The topological polar surface area (TPSA) is 85.1 Å². The summed E-state index contributed by atoms with van der Waals surface area (Å²) < 4.78 is 52.4. The molecule has 0 aliphatic heterocycles. The third-order valence-electron chi connectivity index (χ3n) is 2.29. The summed E-state index contributed by atoms with van der Waals surface area (Å²) >= 11 is 2.94. The fraction of sp³-hybridized carbons (Fsp3) is 0. The van der Waals surface area contributed by atoms with E-state index in [9.17, 15) is 17.2 Å². The summed E-state index contributed by atoms with van der Waals surface area (Å²) in [6.45, 7) is 0. The molecule has 5 nitrogen and oxygen atoms in total. The van der Waals surface area contributed by atoms with Crippen molar-refractivity contribution in [1.82, 2.24) is 4.98 Å². The molecule has 1 aromatic heterocycles. The van der Waals surface area contributed by atoms with Crippen molar-refractivity contribution < 1.29 is 17.2 Å². The third kappa shape index (κ3) is 3.05. The Morgan fingerprint density at radius 1 is 1.25 bits per heavy atom. The molecule has 0 saturated heterocycles. The van der Waals surface area contributed by atoms with Gasteiger partial charge in [-0.05, 0) is 40.2 Å². The van der Waals surface area contributed by atoms with Crippen molar-refractivity contribution >= 4 is 37.5 Å². The molecule has 1 aromatic carbocycles. The van der Waals surface area contributed by atoms with E-state index in [0.29, 0.717) is 0 Å². The van der Waals surface area contributed by atoms with E-state index in [4.69, 9.17) is 5.73 Å². The van der Waals surface area contributed by atoms with Gasteiger partial charge in [0, 0.05) is 4.47 Å². The minimum absolute atomic E-state index is 0.00639. The Bertz CT molecular complexity index is 768. The Kier molecular flexibility index (Phi) is 3.91. The van der Waals surface area contributed by atoms with Crippen molar-refractivity contribution in [3.8, 4) is 0 Å². The van der Waals surface area contributed by atoms with Gasteiger partial charge in [-0.3, -0.25) is 4.72 Å². The van der Waals surface area contributed by atoms with Gasteiger partial charge in [-0.25, -0.2) is 17.8 Å². The fourth-order valence-corrected chi connectivity index (χ4v) is 3.46. The average Bonchev–Trinajstić information content (AvgIpc) is 2.33. The zero-order chi connectivity index (χ0) is 14.9. The lowest BCUT2D eigenvalue weighted by atomic mass is 10.3. The van der Waals surface area contributed by atoms with E-state index in [-0.39, 0.29) is 20.9 Å². The summed E-state index contributed by atoms with van der Waals surface area (Å²) in [5, 5.41) is 0. The van der Waals surface area contributed by atoms with Crippen molar-refractivity contribution in [1.29, 1.82) is 0 Å². The van der Waals surface area contributed by atoms with E-state index in [2.05, 4.69) is 25.6 Å². The number of hydrogen-bond acceptors (Lipinski definition) is 4. The molecule has 0 aliphatic rings. The summed E-state index contributed by atoms with van der Waals surface area (Å²) in [7, 11) is -4.07. The first kappa shape index (κ1) is 14.7. The molecular weight excluding hydrogens is 356 g/mol. The Morgan fingerprint density at radius 2 is 1.95 bits per heavy atom. The van der Waals surface area contributed by atoms with Gasteiger partial charge in [-0.1, -0.05) is 6.07 Å². The molecule has 9 heteroatoms. The number of halogens is 3. The molecule has 0 amide bonds. The van der Waals surface area contributed by atoms with Crippen molar-refractivity contribution in [2.24, 2.45) is 0 Å². The number of pyridine rings is 1. The van der Waals surface area contributed by atoms with Crippen LogP contribution in [0.4, 0.5) is 20.3 Å². The molecule has 0 radical (unpaired) electrons. The second kappa shape index (κ2) is 5.33. The zero-order valence-corrected chi connectivity index (χ0v) is 12.2. The normalized spacial score (nSPS) is 11.3. The lowest BCUT2D eigenvalue weighted by Crippen LogP contribution is -2.15. The van der Waals surface area contributed by atoms with Crippen LogP contribution in [0.1, 0.15) is 0 Å². The van der Waals surface area contributed by atoms with Crippen LogP contribution in [0.5, 0.6) is 0 Å². The number of benzene rings is 1. The molecule has 2 aromatic rings. The summed E-state index contributed by atoms with van der Waals surface area (Å²) in [6.07, 6.45) is 0. The first-order valence-corrected chi connectivity index (χ1v) is 7.47. The van der Waals surface area contributed by atoms with Gasteiger partial charge in [0.15, 0.2) is 0 Å². The molecule has 0 saturated carbocycles. The minimum atomic E-state index is -4.07. The number of nitrogens with two attached hydrogens (primary N) is 1. The van der Waals surface area contributed by atoms with Crippen molar-refractivity contribution in [3.05, 3.63) is 46.6 Å². The number of aromatic nitrogens is 1. The molecule has 3 N–H and O–H groups in total. The molecular formula is C11H8BrF2N3O2S. The molecule has 0 atom stereocenters. The summed E-state index contributed by atoms with van der Waals surface area (Å²) in [6, 6.07) is 5.54. The molecule has 1 heterocycles. The van der Waals surface area contributed by atoms with E-state index < -0.39 is 21.8 Å². The lowest BCUT2D eigenvalue weighted by molar-refractivity contribution is 0.584. The van der Waals surface area contributed by atoms with Gasteiger partial charge in [0.2, 0.25) is 5.95 Å². The van der Waals surface area contributed by atoms with Gasteiger partial charge >= 0.3 is 0 Å². The summed E-state index contributed by atoms with van der Waals surface area (Å²) in [4.78, 5) is 3.10. The Labute approximate surface area is 122 Å². The van der Waals surface area contributed by atoms with E-state index >= 15 is 0 Å². The maximum absolute atomic E-state index is 13.2. The van der Waals surface area contributed by atoms with Crippen LogP contribution in [0.25, 0.3) is 0 Å². The zero-order valence-electron chi connectivity index (χ0n) is 9.77. The smallest absolute Gasteiger partial charge is 0.264 e. The van der Waals surface area contributed by atoms with Crippen LogP contribution in [0.15, 0.2) is 39.7 Å². The fourth-order valence-electron chi connectivity index (χ4n) is 1.41. The Morgan fingerprint density at radius 3 is 2.60 bits per heavy atom. The molecule has 0 fully saturated rings. The molecule has 2 rings (SSSR count). The van der Waals surface area contributed by atoms with Gasteiger partial charge in [-0.15, -0.1) is 0 Å². The Balaban J connectivity index is 2.43. The predicted molar refractivity (Wildman–Crippen MR) is 73.5 cm³/mol. The third-order valence-corrected chi connectivity index (χ3v) is 4.61. The molecule has 0 spiro atoms. The van der Waals surface area contributed by atoms with Crippen LogP contribution < -0.4 is 10.5 Å². The van der Waals surface area contributed by atoms with Crippen LogP contribution in [0.3, 0.4) is 0 Å². The van der Waals surface area contributed by atoms with Gasteiger partial charge in [-0.2, -0.15) is 4.39 Å². The number of hydrogen-bond donors (Lipinski definition) is 2. The highest BCUT2D eigenvalue weighted by atomic mass is 79.9. The predicted octanol–water partition coefficient (Wildman–Crippen LogP) is 2.51. The highest BCUT2D eigenvalue weighted by Crippen LogP contribution is 2.28. The molecule has 0 aliphatic carbocycles. The van der Waals surface area contributed by atoms with Crippen LogP contribution >= 0.6 is 15.9 Å². The molecule has 0 bridgehead atoms. The standard InChI is InChI=1S/C11H8BrF2N3O2S/c12-6-4-7(13)8(15)5-9(6)20(18,19)17-11-3-1-2-10(14)16-11/h1-5H,15H2,(H,16,17). The first-order chi connectivity index (χ1) is 9.29. The maximum Gasteiger partial charge on any atom is 0.264 e. The van der Waals surface area contributed by atoms with E-state index in [1.54, 1.807) is 0 Å². The van der Waals surface area contributed by atoms with Gasteiger partial charge < -0.3 is 5.73 Å². The largest absolute Gasteiger partial charge is 0.396 e. The quantitative estimate of drug-likeness (QED) is 0.648. The highest BCUT2D eigenvalue weighted by molar-refractivity contribution is 9.10. The van der Waals surface area contributed by atoms with Crippen molar-refractivity contribution in [2.75, 3.05) is 10.5 Å². The van der Waals surface area contributed by atoms with E-state index in [0.717, 1.165) is 18.2 Å². The van der Waals surface area contributed by atoms with Gasteiger partial charge in [0.1, 0.15) is 16.5 Å². The molecule has 106 valence electrons. The number of nitrogens with zero attached hydrogens (tertiary/aromatic N) is 1. The van der Waals surface area contributed by atoms with E-state index in [1.165, 1.54) is 12.1 Å². The average molecular weight is 364 g/mol. The van der Waals surface area contributed by atoms with Crippen molar-refractivity contribution in [2.45, 2.75) is 4.90 Å². The lowest BCUT2D eigenvalue weighted by Gasteiger charge is -2.10. The summed E-state index contributed by atoms with van der Waals surface area (Å²) in [5.41, 5.74) is 5.02. The Hall–Kier alpha value is -1.74. The maximum atomic E-state index is 13.2. The summed E-state index contributed by atoms with van der Waals surface area (Å²) in [5.74, 6) is -1.78. The number of nitrogen functional groups attached to an aromatic ring is 1. The number of sulfonamides is 1. The molecule has 0 unspecified atom stereocenters. The van der Waals surface area contributed by atoms with Gasteiger partial charge in [0.25, 0.3) is 10.0 Å².